The van der Waals surface area contributed by atoms with Crippen LogP contribution in [0.3, 0.4) is 0 Å². The molecule has 1 aromatic heterocycles. The smallest absolute Gasteiger partial charge is 0.220 e. The molecule has 0 fully saturated rings. The molecule has 0 atom stereocenters. The summed E-state index contributed by atoms with van der Waals surface area (Å²) in [5.41, 5.74) is 2.95. The number of carbonyl (C=O) groups excluding carboxylic acids is 1. The molecule has 1 aromatic carbocycles. The number of hydrogen-bond donors (Lipinski definition) is 0. The zero-order chi connectivity index (χ0) is 18.9. The Kier molecular flexibility index (Phi) is 9.85. The standard InChI is InChI=1S/C22H28N2O2S.BrH/c1-2-3-4-5-6-10-13-19-16-27-17-24(19)15-21(25)22-14-20(23-26-22)18-11-8-7-9-12-18;/h7-9,11-12,14,16H,2-6,10,13,15,17H2,1H3;1H. The Labute approximate surface area is 182 Å². The van der Waals surface area contributed by atoms with Crippen molar-refractivity contribution >= 4 is 34.5 Å². The van der Waals surface area contributed by atoms with Gasteiger partial charge in [-0.15, -0.1) is 28.7 Å². The van der Waals surface area contributed by atoms with Crippen LogP contribution in [0.4, 0.5) is 0 Å². The normalized spacial score (nSPS) is 13.3. The highest BCUT2D eigenvalue weighted by molar-refractivity contribution is 8.93. The van der Waals surface area contributed by atoms with Gasteiger partial charge in [0.05, 0.1) is 12.4 Å². The minimum absolute atomic E-state index is 0. The van der Waals surface area contributed by atoms with Crippen LogP contribution >= 0.6 is 28.7 Å². The number of rotatable bonds is 11. The average Bonchev–Trinajstić information content (AvgIpc) is 3.35. The predicted octanol–water partition coefficient (Wildman–Crippen LogP) is 6.70. The summed E-state index contributed by atoms with van der Waals surface area (Å²) in [4.78, 5) is 14.8. The van der Waals surface area contributed by atoms with Crippen molar-refractivity contribution < 1.29 is 9.32 Å². The van der Waals surface area contributed by atoms with E-state index in [0.717, 1.165) is 17.9 Å². The van der Waals surface area contributed by atoms with E-state index in [9.17, 15) is 4.79 Å². The number of hydrogen-bond acceptors (Lipinski definition) is 5. The number of nitrogens with zero attached hydrogens (tertiary/aromatic N) is 2. The van der Waals surface area contributed by atoms with Crippen molar-refractivity contribution in [2.24, 2.45) is 0 Å². The van der Waals surface area contributed by atoms with Gasteiger partial charge >= 0.3 is 0 Å². The van der Waals surface area contributed by atoms with Crippen LogP contribution in [0, 0.1) is 0 Å². The van der Waals surface area contributed by atoms with Gasteiger partial charge in [0, 0.05) is 17.3 Å². The van der Waals surface area contributed by atoms with E-state index in [0.29, 0.717) is 18.0 Å². The number of allylic oxidation sites excluding steroid dienone is 1. The van der Waals surface area contributed by atoms with Crippen molar-refractivity contribution in [3.8, 4) is 11.3 Å². The highest BCUT2D eigenvalue weighted by Crippen LogP contribution is 2.28. The highest BCUT2D eigenvalue weighted by Gasteiger charge is 2.21. The largest absolute Gasteiger partial charge is 0.357 e. The molecule has 0 radical (unpaired) electrons. The number of halogens is 1. The predicted molar refractivity (Wildman–Crippen MR) is 122 cm³/mol. The first-order valence-corrected chi connectivity index (χ1v) is 10.9. The molecule has 0 N–H and O–H groups in total. The lowest BCUT2D eigenvalue weighted by Crippen LogP contribution is -2.26. The first-order valence-electron chi connectivity index (χ1n) is 9.89. The van der Waals surface area contributed by atoms with Crippen LogP contribution in [0.1, 0.15) is 62.4 Å². The van der Waals surface area contributed by atoms with E-state index in [2.05, 4.69) is 22.4 Å². The maximum absolute atomic E-state index is 12.6. The molecule has 28 heavy (non-hydrogen) atoms. The van der Waals surface area contributed by atoms with E-state index in [1.54, 1.807) is 17.8 Å². The third-order valence-electron chi connectivity index (χ3n) is 4.83. The molecular formula is C22H29BrN2O2S. The molecule has 1 aliphatic rings. The summed E-state index contributed by atoms with van der Waals surface area (Å²) in [5, 5.41) is 6.26. The zero-order valence-electron chi connectivity index (χ0n) is 16.4. The summed E-state index contributed by atoms with van der Waals surface area (Å²) >= 11 is 1.77. The lowest BCUT2D eigenvalue weighted by Gasteiger charge is -2.20. The molecule has 4 nitrogen and oxygen atoms in total. The zero-order valence-corrected chi connectivity index (χ0v) is 19.0. The van der Waals surface area contributed by atoms with Gasteiger partial charge in [-0.3, -0.25) is 4.79 Å². The van der Waals surface area contributed by atoms with Crippen molar-refractivity contribution in [1.29, 1.82) is 0 Å². The first-order chi connectivity index (χ1) is 13.3. The second-order valence-corrected chi connectivity index (χ2v) is 7.81. The molecule has 6 heteroatoms. The monoisotopic (exact) mass is 464 g/mol. The van der Waals surface area contributed by atoms with Crippen LogP contribution < -0.4 is 0 Å². The van der Waals surface area contributed by atoms with Gasteiger partial charge in [-0.05, 0) is 18.2 Å². The van der Waals surface area contributed by atoms with Crippen LogP contribution in [0.15, 0.2) is 52.0 Å². The fraction of sp³-hybridized carbons (Fsp3) is 0.455. The average molecular weight is 465 g/mol. The Hall–Kier alpha value is -1.53. The van der Waals surface area contributed by atoms with Crippen LogP contribution in [-0.2, 0) is 0 Å². The lowest BCUT2D eigenvalue weighted by atomic mass is 10.1. The number of aromatic nitrogens is 1. The number of unbranched alkanes of at least 4 members (excludes halogenated alkanes) is 5. The Morgan fingerprint density at radius 1 is 1.14 bits per heavy atom. The number of thioether (sulfide) groups is 1. The molecule has 0 saturated carbocycles. The van der Waals surface area contributed by atoms with E-state index >= 15 is 0 Å². The number of benzene rings is 1. The molecule has 2 aromatic rings. The maximum atomic E-state index is 12.6. The van der Waals surface area contributed by atoms with Gasteiger partial charge < -0.3 is 9.42 Å². The van der Waals surface area contributed by atoms with Crippen molar-refractivity contribution in [2.45, 2.75) is 51.9 Å². The van der Waals surface area contributed by atoms with Crippen LogP contribution in [-0.4, -0.2) is 28.3 Å². The molecule has 152 valence electrons. The summed E-state index contributed by atoms with van der Waals surface area (Å²) in [6, 6.07) is 11.5. The minimum atomic E-state index is -0.0129. The third-order valence-corrected chi connectivity index (χ3v) is 5.73. The van der Waals surface area contributed by atoms with Crippen LogP contribution in [0.2, 0.25) is 0 Å². The Balaban J connectivity index is 0.00000280. The highest BCUT2D eigenvalue weighted by atomic mass is 79.9. The van der Waals surface area contributed by atoms with Crippen molar-refractivity contribution in [3.63, 3.8) is 0 Å². The first kappa shape index (κ1) is 22.8. The van der Waals surface area contributed by atoms with Gasteiger partial charge in [-0.2, -0.15) is 0 Å². The fourth-order valence-electron chi connectivity index (χ4n) is 3.23. The van der Waals surface area contributed by atoms with E-state index in [1.807, 2.05) is 30.3 Å². The lowest BCUT2D eigenvalue weighted by molar-refractivity contribution is 0.0921. The van der Waals surface area contributed by atoms with Crippen LogP contribution in [0.5, 0.6) is 0 Å². The van der Waals surface area contributed by atoms with Gasteiger partial charge in [0.15, 0.2) is 0 Å². The molecule has 1 aliphatic heterocycles. The molecule has 0 bridgehead atoms. The number of Topliss-reactive ketones (excluding diaryl/α,β-unsaturated/α-hetero) is 1. The van der Waals surface area contributed by atoms with Crippen molar-refractivity contribution in [3.05, 3.63) is 53.3 Å². The van der Waals surface area contributed by atoms with Gasteiger partial charge in [0.2, 0.25) is 11.5 Å². The van der Waals surface area contributed by atoms with Crippen molar-refractivity contribution in [1.82, 2.24) is 10.1 Å². The minimum Gasteiger partial charge on any atom is -0.357 e. The van der Waals surface area contributed by atoms with Gasteiger partial charge in [0.25, 0.3) is 0 Å². The molecule has 3 rings (SSSR count). The second kappa shape index (κ2) is 12.1. The fourth-order valence-corrected chi connectivity index (χ4v) is 4.21. The summed E-state index contributed by atoms with van der Waals surface area (Å²) in [5.74, 6) is 1.17. The second-order valence-electron chi connectivity index (χ2n) is 6.99. The number of carbonyl (C=O) groups is 1. The van der Waals surface area contributed by atoms with Crippen LogP contribution in [0.25, 0.3) is 11.3 Å². The SMILES string of the molecule is Br.CCCCCCCCC1=CSCN1CC(=O)c1cc(-c2ccccc2)no1. The van der Waals surface area contributed by atoms with E-state index in [4.69, 9.17) is 4.52 Å². The topological polar surface area (TPSA) is 46.3 Å². The molecular weight excluding hydrogens is 436 g/mol. The van der Waals surface area contributed by atoms with E-state index < -0.39 is 0 Å². The molecule has 2 heterocycles. The Morgan fingerprint density at radius 3 is 2.68 bits per heavy atom. The Morgan fingerprint density at radius 2 is 1.89 bits per heavy atom. The van der Waals surface area contributed by atoms with E-state index in [1.165, 1.54) is 44.2 Å². The quantitative estimate of drug-likeness (QED) is 0.273. The van der Waals surface area contributed by atoms with Gasteiger partial charge in [-0.1, -0.05) is 74.5 Å². The van der Waals surface area contributed by atoms with Gasteiger partial charge in [0.1, 0.15) is 5.69 Å². The molecule has 0 amide bonds. The van der Waals surface area contributed by atoms with Gasteiger partial charge in [-0.25, -0.2) is 0 Å². The number of ketones is 1. The van der Waals surface area contributed by atoms with E-state index in [-0.39, 0.29) is 22.8 Å². The summed E-state index contributed by atoms with van der Waals surface area (Å²) in [7, 11) is 0. The molecule has 0 saturated heterocycles. The Bertz CT molecular complexity index is 761. The molecule has 0 unspecified atom stereocenters. The molecule has 0 spiro atoms. The third kappa shape index (κ3) is 6.52. The summed E-state index contributed by atoms with van der Waals surface area (Å²) < 4.78 is 5.31. The summed E-state index contributed by atoms with van der Waals surface area (Å²) in [6.45, 7) is 2.60. The molecule has 0 aliphatic carbocycles. The summed E-state index contributed by atoms with van der Waals surface area (Å²) in [6.07, 6.45) is 8.79. The maximum Gasteiger partial charge on any atom is 0.220 e. The van der Waals surface area contributed by atoms with Crippen molar-refractivity contribution in [2.75, 3.05) is 12.4 Å².